The molecule has 4 aromatic rings. The highest BCUT2D eigenvalue weighted by molar-refractivity contribution is 7.09. The molecule has 2 aromatic heterocycles. The summed E-state index contributed by atoms with van der Waals surface area (Å²) in [6.45, 7) is 2.98. The van der Waals surface area contributed by atoms with Crippen molar-refractivity contribution in [2.75, 3.05) is 6.54 Å². The number of nitrogens with zero attached hydrogens (tertiary/aromatic N) is 3. The quantitative estimate of drug-likeness (QED) is 0.384. The highest BCUT2D eigenvalue weighted by Crippen LogP contribution is 2.17. The zero-order valence-corrected chi connectivity index (χ0v) is 18.6. The van der Waals surface area contributed by atoms with E-state index < -0.39 is 0 Å². The number of hydrogen-bond donors (Lipinski definition) is 1. The summed E-state index contributed by atoms with van der Waals surface area (Å²) in [6, 6.07) is 17.7. The van der Waals surface area contributed by atoms with Gasteiger partial charge in [-0.1, -0.05) is 24.3 Å². The molecule has 2 heterocycles. The molecular weight excluding hydrogens is 420 g/mol. The van der Waals surface area contributed by atoms with Gasteiger partial charge in [-0.05, 0) is 60.9 Å². The van der Waals surface area contributed by atoms with Gasteiger partial charge in [0.25, 0.3) is 0 Å². The van der Waals surface area contributed by atoms with Crippen LogP contribution < -0.4 is 10.1 Å². The summed E-state index contributed by atoms with van der Waals surface area (Å²) in [5, 5.41) is 10.2. The third kappa shape index (κ3) is 6.15. The van der Waals surface area contributed by atoms with Gasteiger partial charge in [0.2, 0.25) is 5.91 Å². The SMILES string of the molecule is Cc1nc(COc2cccc(/C=C/C(=O)NCCc3ccc(-n4cccn4)cc3)c2)cs1. The molecule has 0 spiro atoms. The van der Waals surface area contributed by atoms with Crippen molar-refractivity contribution in [1.29, 1.82) is 0 Å². The largest absolute Gasteiger partial charge is 0.487 e. The Kier molecular flexibility index (Phi) is 7.09. The molecule has 4 rings (SSSR count). The fourth-order valence-electron chi connectivity index (χ4n) is 3.14. The van der Waals surface area contributed by atoms with E-state index in [1.165, 1.54) is 0 Å². The van der Waals surface area contributed by atoms with Crippen LogP contribution in [0.2, 0.25) is 0 Å². The molecular formula is C25H24N4O2S. The van der Waals surface area contributed by atoms with Crippen LogP contribution in [-0.4, -0.2) is 27.2 Å². The Morgan fingerprint density at radius 1 is 1.19 bits per heavy atom. The van der Waals surface area contributed by atoms with Crippen molar-refractivity contribution < 1.29 is 9.53 Å². The minimum atomic E-state index is -0.123. The number of rotatable bonds is 9. The van der Waals surface area contributed by atoms with E-state index >= 15 is 0 Å². The van der Waals surface area contributed by atoms with Gasteiger partial charge in [0.05, 0.1) is 16.4 Å². The molecule has 0 fully saturated rings. The summed E-state index contributed by atoms with van der Waals surface area (Å²) in [6.07, 6.45) is 7.75. The van der Waals surface area contributed by atoms with Crippen molar-refractivity contribution in [3.8, 4) is 11.4 Å². The van der Waals surface area contributed by atoms with E-state index in [1.807, 2.05) is 65.6 Å². The van der Waals surface area contributed by atoms with Gasteiger partial charge in [-0.25, -0.2) is 9.67 Å². The molecule has 2 aromatic carbocycles. The molecule has 7 heteroatoms. The minimum Gasteiger partial charge on any atom is -0.487 e. The summed E-state index contributed by atoms with van der Waals surface area (Å²) < 4.78 is 7.62. The van der Waals surface area contributed by atoms with Gasteiger partial charge in [-0.15, -0.1) is 11.3 Å². The number of amides is 1. The van der Waals surface area contributed by atoms with Gasteiger partial charge in [-0.2, -0.15) is 5.10 Å². The summed E-state index contributed by atoms with van der Waals surface area (Å²) in [5.74, 6) is 0.624. The lowest BCUT2D eigenvalue weighted by atomic mass is 10.1. The Morgan fingerprint density at radius 2 is 2.06 bits per heavy atom. The van der Waals surface area contributed by atoms with Gasteiger partial charge in [0, 0.05) is 30.4 Å². The van der Waals surface area contributed by atoms with Crippen LogP contribution in [0.1, 0.15) is 21.8 Å². The smallest absolute Gasteiger partial charge is 0.244 e. The fourth-order valence-corrected chi connectivity index (χ4v) is 3.73. The first-order valence-electron chi connectivity index (χ1n) is 10.3. The average molecular weight is 445 g/mol. The van der Waals surface area contributed by atoms with Crippen LogP contribution in [0.3, 0.4) is 0 Å². The predicted octanol–water partition coefficient (Wildman–Crippen LogP) is 4.59. The normalized spacial score (nSPS) is 11.0. The number of aryl methyl sites for hydroxylation is 1. The Labute approximate surface area is 191 Å². The maximum absolute atomic E-state index is 12.2. The molecule has 0 saturated heterocycles. The summed E-state index contributed by atoms with van der Waals surface area (Å²) in [5.41, 5.74) is 3.99. The summed E-state index contributed by atoms with van der Waals surface area (Å²) >= 11 is 1.61. The monoisotopic (exact) mass is 444 g/mol. The Hall–Kier alpha value is -3.71. The molecule has 162 valence electrons. The van der Waals surface area contributed by atoms with Crippen LogP contribution in [0.15, 0.2) is 78.4 Å². The van der Waals surface area contributed by atoms with Crippen LogP contribution >= 0.6 is 11.3 Å². The Bertz CT molecular complexity index is 1180. The van der Waals surface area contributed by atoms with E-state index in [0.29, 0.717) is 13.2 Å². The third-order valence-electron chi connectivity index (χ3n) is 4.76. The van der Waals surface area contributed by atoms with E-state index in [4.69, 9.17) is 4.74 Å². The van der Waals surface area contributed by atoms with Crippen molar-refractivity contribution in [3.63, 3.8) is 0 Å². The molecule has 1 N–H and O–H groups in total. The number of ether oxygens (including phenoxy) is 1. The van der Waals surface area contributed by atoms with Gasteiger partial charge in [0.15, 0.2) is 0 Å². The lowest BCUT2D eigenvalue weighted by Gasteiger charge is -2.06. The molecule has 0 radical (unpaired) electrons. The second kappa shape index (κ2) is 10.5. The van der Waals surface area contributed by atoms with Crippen LogP contribution in [0.5, 0.6) is 5.75 Å². The van der Waals surface area contributed by atoms with Gasteiger partial charge < -0.3 is 10.1 Å². The number of nitrogens with one attached hydrogen (secondary N) is 1. The number of hydrogen-bond acceptors (Lipinski definition) is 5. The molecule has 0 atom stereocenters. The predicted molar refractivity (Wildman–Crippen MR) is 127 cm³/mol. The van der Waals surface area contributed by atoms with Crippen molar-refractivity contribution >= 4 is 23.3 Å². The molecule has 0 bridgehead atoms. The van der Waals surface area contributed by atoms with E-state index in [9.17, 15) is 4.79 Å². The van der Waals surface area contributed by atoms with Crippen LogP contribution in [0, 0.1) is 6.92 Å². The van der Waals surface area contributed by atoms with Crippen LogP contribution in [0.4, 0.5) is 0 Å². The molecule has 0 aliphatic carbocycles. The topological polar surface area (TPSA) is 69.0 Å². The van der Waals surface area contributed by atoms with Crippen LogP contribution in [0.25, 0.3) is 11.8 Å². The third-order valence-corrected chi connectivity index (χ3v) is 5.58. The fraction of sp³-hybridized carbons (Fsp3) is 0.160. The molecule has 6 nitrogen and oxygen atoms in total. The first-order chi connectivity index (χ1) is 15.7. The Morgan fingerprint density at radius 3 is 2.81 bits per heavy atom. The van der Waals surface area contributed by atoms with Crippen molar-refractivity contribution in [1.82, 2.24) is 20.1 Å². The molecule has 0 aliphatic heterocycles. The van der Waals surface area contributed by atoms with E-state index in [1.54, 1.807) is 29.7 Å². The van der Waals surface area contributed by atoms with Crippen LogP contribution in [-0.2, 0) is 17.8 Å². The minimum absolute atomic E-state index is 0.123. The van der Waals surface area contributed by atoms with Gasteiger partial charge >= 0.3 is 0 Å². The summed E-state index contributed by atoms with van der Waals surface area (Å²) in [4.78, 5) is 16.6. The number of benzene rings is 2. The van der Waals surface area contributed by atoms with Crippen molar-refractivity contribution in [2.45, 2.75) is 20.0 Å². The number of carbonyl (C=O) groups is 1. The average Bonchev–Trinajstić information content (AvgIpc) is 3.49. The highest BCUT2D eigenvalue weighted by atomic mass is 32.1. The number of aromatic nitrogens is 3. The molecule has 0 unspecified atom stereocenters. The van der Waals surface area contributed by atoms with E-state index in [-0.39, 0.29) is 5.91 Å². The lowest BCUT2D eigenvalue weighted by molar-refractivity contribution is -0.116. The number of carbonyl (C=O) groups excluding carboxylic acids is 1. The molecule has 32 heavy (non-hydrogen) atoms. The molecule has 0 saturated carbocycles. The molecule has 1 amide bonds. The maximum Gasteiger partial charge on any atom is 0.244 e. The maximum atomic E-state index is 12.2. The highest BCUT2D eigenvalue weighted by Gasteiger charge is 2.02. The zero-order valence-electron chi connectivity index (χ0n) is 17.8. The zero-order chi connectivity index (χ0) is 22.2. The second-order valence-corrected chi connectivity index (χ2v) is 8.27. The van der Waals surface area contributed by atoms with Gasteiger partial charge in [0.1, 0.15) is 12.4 Å². The Balaban J connectivity index is 1.23. The van der Waals surface area contributed by atoms with Crippen molar-refractivity contribution in [2.24, 2.45) is 0 Å². The first kappa shape index (κ1) is 21.5. The summed E-state index contributed by atoms with van der Waals surface area (Å²) in [7, 11) is 0. The van der Waals surface area contributed by atoms with Gasteiger partial charge in [-0.3, -0.25) is 4.79 Å². The van der Waals surface area contributed by atoms with Crippen molar-refractivity contribution in [3.05, 3.63) is 100 Å². The first-order valence-corrected chi connectivity index (χ1v) is 11.2. The second-order valence-electron chi connectivity index (χ2n) is 7.21. The standard InChI is InChI=1S/C25H24N4O2S/c1-19-28-22(18-32-19)17-31-24-5-2-4-21(16-24)8-11-25(30)26-14-12-20-6-9-23(10-7-20)29-15-3-13-27-29/h2-11,13,15-16,18H,12,14,17H2,1H3,(H,26,30)/b11-8+. The van der Waals surface area contributed by atoms with E-state index in [2.05, 4.69) is 27.5 Å². The lowest BCUT2D eigenvalue weighted by Crippen LogP contribution is -2.23. The number of thiazole rings is 1. The molecule has 0 aliphatic rings. The van der Waals surface area contributed by atoms with E-state index in [0.717, 1.165) is 39.7 Å².